The number of aromatic nitrogens is 2. The van der Waals surface area contributed by atoms with E-state index < -0.39 is 5.97 Å². The first kappa shape index (κ1) is 21.4. The summed E-state index contributed by atoms with van der Waals surface area (Å²) >= 11 is 0. The number of carbonyl (C=O) groups excluding carboxylic acids is 1. The summed E-state index contributed by atoms with van der Waals surface area (Å²) in [7, 11) is 0. The minimum absolute atomic E-state index is 0.0565. The molecule has 0 radical (unpaired) electrons. The third kappa shape index (κ3) is 3.60. The number of carboxylic acid groups (broad SMARTS) is 1. The maximum atomic E-state index is 13.3. The molecule has 34 heavy (non-hydrogen) atoms. The Morgan fingerprint density at radius 2 is 1.97 bits per heavy atom. The first-order valence-electron chi connectivity index (χ1n) is 12.4. The Bertz CT molecular complexity index is 1260. The van der Waals surface area contributed by atoms with Crippen LogP contribution in [0.15, 0.2) is 54.7 Å². The van der Waals surface area contributed by atoms with E-state index in [9.17, 15) is 14.7 Å². The Morgan fingerprint density at radius 3 is 2.76 bits per heavy atom. The molecule has 6 rings (SSSR count). The highest BCUT2D eigenvalue weighted by molar-refractivity contribution is 6.00. The smallest absolute Gasteiger partial charge is 0.304 e. The van der Waals surface area contributed by atoms with Crippen LogP contribution in [0, 0.1) is 22.7 Å². The highest BCUT2D eigenvalue weighted by Gasteiger charge is 2.67. The summed E-state index contributed by atoms with van der Waals surface area (Å²) in [5.74, 6) is 0.284. The summed E-state index contributed by atoms with van der Waals surface area (Å²) in [6.45, 7) is 3.11. The number of rotatable bonds is 7. The fourth-order valence-electron chi connectivity index (χ4n) is 7.48. The quantitative estimate of drug-likeness (QED) is 0.529. The normalized spacial score (nSPS) is 30.0. The van der Waals surface area contributed by atoms with Gasteiger partial charge >= 0.3 is 5.97 Å². The molecule has 6 nitrogen and oxygen atoms in total. The van der Waals surface area contributed by atoms with Crippen LogP contribution in [0.25, 0.3) is 5.52 Å². The number of carbonyl (C=O) groups is 2. The molecule has 2 heterocycles. The summed E-state index contributed by atoms with van der Waals surface area (Å²) < 4.78 is 1.70. The lowest BCUT2D eigenvalue weighted by atomic mass is 9.67. The van der Waals surface area contributed by atoms with Gasteiger partial charge in [0.2, 0.25) is 0 Å². The third-order valence-corrected chi connectivity index (χ3v) is 8.63. The van der Waals surface area contributed by atoms with Crippen molar-refractivity contribution in [3.63, 3.8) is 0 Å². The molecule has 0 aliphatic heterocycles. The van der Waals surface area contributed by atoms with E-state index in [2.05, 4.69) is 17.3 Å². The Balaban J connectivity index is 1.26. The molecule has 5 atom stereocenters. The predicted octanol–water partition coefficient (Wildman–Crippen LogP) is 4.89. The molecule has 2 aromatic heterocycles. The largest absolute Gasteiger partial charge is 0.481 e. The SMILES string of the molecule is CC1CC2(CNC(=O)c3cccn4nc(C(CC(=O)O)c5ccccc5)cc34)CC3CC3(C1)C2. The molecule has 1 amide bonds. The third-order valence-electron chi connectivity index (χ3n) is 8.63. The van der Waals surface area contributed by atoms with Crippen LogP contribution in [-0.4, -0.2) is 33.1 Å². The molecule has 3 saturated carbocycles. The molecule has 176 valence electrons. The van der Waals surface area contributed by atoms with Crippen molar-refractivity contribution < 1.29 is 14.7 Å². The molecule has 3 aliphatic rings. The summed E-state index contributed by atoms with van der Waals surface area (Å²) in [4.78, 5) is 24.9. The summed E-state index contributed by atoms with van der Waals surface area (Å²) in [5, 5.41) is 17.4. The lowest BCUT2D eigenvalue weighted by Crippen LogP contribution is -2.40. The molecule has 2 N–H and O–H groups in total. The number of fused-ring (bicyclic) bond motifs is 2. The number of aliphatic carboxylic acids is 1. The molecule has 0 saturated heterocycles. The van der Waals surface area contributed by atoms with Crippen molar-refractivity contribution in [1.82, 2.24) is 14.9 Å². The molecule has 6 heteroatoms. The molecular weight excluding hydrogens is 426 g/mol. The second kappa shape index (κ2) is 7.69. The van der Waals surface area contributed by atoms with E-state index in [1.54, 1.807) is 4.52 Å². The number of benzene rings is 1. The molecule has 3 fully saturated rings. The van der Waals surface area contributed by atoms with Gasteiger partial charge in [0.25, 0.3) is 5.91 Å². The number of nitrogens with zero attached hydrogens (tertiary/aromatic N) is 2. The van der Waals surface area contributed by atoms with Crippen LogP contribution in [0.3, 0.4) is 0 Å². The Kier molecular flexibility index (Phi) is 4.84. The van der Waals surface area contributed by atoms with Crippen molar-refractivity contribution in [2.24, 2.45) is 22.7 Å². The second-order valence-electron chi connectivity index (χ2n) is 11.2. The van der Waals surface area contributed by atoms with Gasteiger partial charge in [0.05, 0.1) is 23.2 Å². The summed E-state index contributed by atoms with van der Waals surface area (Å²) in [6, 6.07) is 15.1. The average Bonchev–Trinajstić information content (AvgIpc) is 3.16. The van der Waals surface area contributed by atoms with E-state index in [0.717, 1.165) is 23.9 Å². The van der Waals surface area contributed by atoms with Crippen LogP contribution in [0.5, 0.6) is 0 Å². The van der Waals surface area contributed by atoms with Crippen molar-refractivity contribution in [2.45, 2.75) is 51.4 Å². The van der Waals surface area contributed by atoms with E-state index >= 15 is 0 Å². The number of hydrogen-bond acceptors (Lipinski definition) is 3. The molecule has 3 aliphatic carbocycles. The van der Waals surface area contributed by atoms with Crippen molar-refractivity contribution in [3.8, 4) is 0 Å². The zero-order valence-corrected chi connectivity index (χ0v) is 19.5. The average molecular weight is 458 g/mol. The van der Waals surface area contributed by atoms with Gasteiger partial charge in [0.1, 0.15) is 0 Å². The molecule has 5 unspecified atom stereocenters. The van der Waals surface area contributed by atoms with Crippen LogP contribution in [0.2, 0.25) is 0 Å². The monoisotopic (exact) mass is 457 g/mol. The minimum Gasteiger partial charge on any atom is -0.481 e. The number of amides is 1. The maximum Gasteiger partial charge on any atom is 0.304 e. The maximum absolute atomic E-state index is 13.3. The van der Waals surface area contributed by atoms with Crippen molar-refractivity contribution in [1.29, 1.82) is 0 Å². The predicted molar refractivity (Wildman–Crippen MR) is 129 cm³/mol. The van der Waals surface area contributed by atoms with E-state index in [1.165, 1.54) is 32.1 Å². The first-order valence-corrected chi connectivity index (χ1v) is 12.4. The number of hydrogen-bond donors (Lipinski definition) is 2. The van der Waals surface area contributed by atoms with Crippen LogP contribution < -0.4 is 5.32 Å². The van der Waals surface area contributed by atoms with Gasteiger partial charge in [-0.05, 0) is 78.5 Å². The lowest BCUT2D eigenvalue weighted by Gasteiger charge is -2.40. The van der Waals surface area contributed by atoms with Crippen LogP contribution in [-0.2, 0) is 4.79 Å². The first-order chi connectivity index (χ1) is 16.4. The van der Waals surface area contributed by atoms with Gasteiger partial charge in [0, 0.05) is 18.7 Å². The van der Waals surface area contributed by atoms with Gasteiger partial charge in [0.15, 0.2) is 0 Å². The van der Waals surface area contributed by atoms with E-state index in [0.29, 0.717) is 22.2 Å². The Hall–Kier alpha value is -3.15. The molecule has 2 bridgehead atoms. The van der Waals surface area contributed by atoms with Gasteiger partial charge in [-0.1, -0.05) is 37.3 Å². The van der Waals surface area contributed by atoms with Gasteiger partial charge in [-0.2, -0.15) is 5.10 Å². The highest BCUT2D eigenvalue weighted by Crippen LogP contribution is 2.75. The topological polar surface area (TPSA) is 83.7 Å². The Labute approximate surface area is 199 Å². The fraction of sp³-hybridized carbons (Fsp3) is 0.464. The number of carboxylic acids is 1. The second-order valence-corrected chi connectivity index (χ2v) is 11.2. The highest BCUT2D eigenvalue weighted by atomic mass is 16.4. The molecule has 1 aromatic carbocycles. The van der Waals surface area contributed by atoms with Gasteiger partial charge in [-0.15, -0.1) is 0 Å². The molecular formula is C28H31N3O3. The number of pyridine rings is 1. The zero-order valence-electron chi connectivity index (χ0n) is 19.5. The van der Waals surface area contributed by atoms with E-state index in [1.807, 2.05) is 54.7 Å². The zero-order chi connectivity index (χ0) is 23.5. The van der Waals surface area contributed by atoms with Crippen LogP contribution >= 0.6 is 0 Å². The van der Waals surface area contributed by atoms with Crippen molar-refractivity contribution in [3.05, 3.63) is 71.5 Å². The number of nitrogens with one attached hydrogen (secondary N) is 1. The van der Waals surface area contributed by atoms with Gasteiger partial charge in [-0.3, -0.25) is 9.59 Å². The van der Waals surface area contributed by atoms with E-state index in [-0.39, 0.29) is 23.7 Å². The minimum atomic E-state index is -0.878. The van der Waals surface area contributed by atoms with Crippen LogP contribution in [0.4, 0.5) is 0 Å². The van der Waals surface area contributed by atoms with Crippen molar-refractivity contribution >= 4 is 17.4 Å². The van der Waals surface area contributed by atoms with Crippen molar-refractivity contribution in [2.75, 3.05) is 6.54 Å². The van der Waals surface area contributed by atoms with Gasteiger partial charge in [-0.25, -0.2) is 4.52 Å². The standard InChI is InChI=1S/C28H31N3O3/c1-18-12-27(14-20-15-28(20,13-18)16-27)17-29-26(34)21-8-5-9-31-24(21)11-23(30-31)22(10-25(32)33)19-6-3-2-4-7-19/h2-9,11,18,20,22H,10,12-17H2,1H3,(H,29,34)(H,32,33). The van der Waals surface area contributed by atoms with Crippen LogP contribution in [0.1, 0.15) is 73.0 Å². The lowest BCUT2D eigenvalue weighted by molar-refractivity contribution is -0.137. The fourth-order valence-corrected chi connectivity index (χ4v) is 7.48. The van der Waals surface area contributed by atoms with Gasteiger partial charge < -0.3 is 10.4 Å². The molecule has 3 aromatic rings. The Morgan fingerprint density at radius 1 is 1.15 bits per heavy atom. The van der Waals surface area contributed by atoms with E-state index in [4.69, 9.17) is 0 Å². The molecule has 1 spiro atoms. The summed E-state index contributed by atoms with van der Waals surface area (Å²) in [5.41, 5.74) is 3.69. The summed E-state index contributed by atoms with van der Waals surface area (Å²) in [6.07, 6.45) is 8.25.